The first-order valence-corrected chi connectivity index (χ1v) is 16.0. The highest BCUT2D eigenvalue weighted by Gasteiger charge is 2.01. The minimum absolute atomic E-state index is 0.830. The minimum Gasteiger partial charge on any atom is -0.399 e. The summed E-state index contributed by atoms with van der Waals surface area (Å²) in [7, 11) is 0. The van der Waals surface area contributed by atoms with E-state index < -0.39 is 0 Å². The molecule has 2 nitrogen and oxygen atoms in total. The van der Waals surface area contributed by atoms with Crippen molar-refractivity contribution >= 4 is 11.4 Å². The van der Waals surface area contributed by atoms with Crippen LogP contribution in [0.4, 0.5) is 11.4 Å². The summed E-state index contributed by atoms with van der Waals surface area (Å²) < 4.78 is 0. The van der Waals surface area contributed by atoms with Crippen LogP contribution in [0.5, 0.6) is 0 Å². The van der Waals surface area contributed by atoms with E-state index >= 15 is 0 Å². The summed E-state index contributed by atoms with van der Waals surface area (Å²) in [4.78, 5) is 0. The third-order valence-corrected chi connectivity index (χ3v) is 8.25. The zero-order valence-electron chi connectivity index (χ0n) is 25.0. The molecule has 0 saturated carbocycles. The van der Waals surface area contributed by atoms with Crippen molar-refractivity contribution in [1.29, 1.82) is 0 Å². The number of benzene rings is 4. The summed E-state index contributed by atoms with van der Waals surface area (Å²) in [5.41, 5.74) is 21.6. The van der Waals surface area contributed by atoms with E-state index in [1.54, 1.807) is 0 Å². The Morgan fingerprint density at radius 2 is 0.488 bits per heavy atom. The second kappa shape index (κ2) is 17.3. The van der Waals surface area contributed by atoms with Gasteiger partial charge in [0.15, 0.2) is 0 Å². The molecule has 4 aromatic rings. The molecule has 4 rings (SSSR count). The molecule has 4 N–H and O–H groups in total. The molecule has 0 unspecified atom stereocenters. The van der Waals surface area contributed by atoms with Gasteiger partial charge in [-0.05, 0) is 96.2 Å². The average Bonchev–Trinajstić information content (AvgIpc) is 2.99. The maximum atomic E-state index is 5.79. The van der Waals surface area contributed by atoms with Crippen LogP contribution < -0.4 is 11.5 Å². The van der Waals surface area contributed by atoms with E-state index in [0.717, 1.165) is 24.2 Å². The van der Waals surface area contributed by atoms with Crippen LogP contribution in [-0.2, 0) is 25.7 Å². The van der Waals surface area contributed by atoms with Gasteiger partial charge < -0.3 is 11.5 Å². The number of hydrogen-bond acceptors (Lipinski definition) is 2. The molecular formula is C39H50N2. The van der Waals surface area contributed by atoms with Crippen LogP contribution in [-0.4, -0.2) is 0 Å². The SMILES string of the molecule is Nc1ccc(Cc2ccc(CCCCCCCCCCCCCc3ccc(Cc4ccc(N)cc4)cc3)cc2)cc1. The fourth-order valence-electron chi connectivity index (χ4n) is 5.64. The molecule has 4 aromatic carbocycles. The molecule has 0 aromatic heterocycles. The largest absolute Gasteiger partial charge is 0.399 e. The van der Waals surface area contributed by atoms with E-state index in [4.69, 9.17) is 11.5 Å². The highest BCUT2D eigenvalue weighted by molar-refractivity contribution is 5.41. The maximum absolute atomic E-state index is 5.79. The predicted octanol–water partition coefficient (Wildman–Crippen LogP) is 10.1. The van der Waals surface area contributed by atoms with Crippen LogP contribution >= 0.6 is 0 Å². The van der Waals surface area contributed by atoms with Crippen molar-refractivity contribution in [1.82, 2.24) is 0 Å². The number of rotatable bonds is 18. The molecule has 0 aliphatic heterocycles. The van der Waals surface area contributed by atoms with Gasteiger partial charge in [-0.1, -0.05) is 131 Å². The summed E-state index contributed by atoms with van der Waals surface area (Å²) in [6, 6.07) is 34.8. The lowest BCUT2D eigenvalue weighted by atomic mass is 10.00. The van der Waals surface area contributed by atoms with Crippen LogP contribution in [0.15, 0.2) is 97.1 Å². The summed E-state index contributed by atoms with van der Waals surface area (Å²) in [6.45, 7) is 0. The molecule has 216 valence electrons. The van der Waals surface area contributed by atoms with Gasteiger partial charge in [0, 0.05) is 11.4 Å². The number of hydrogen-bond donors (Lipinski definition) is 2. The average molecular weight is 547 g/mol. The third kappa shape index (κ3) is 11.9. The number of nitrogens with two attached hydrogens (primary N) is 2. The zero-order valence-corrected chi connectivity index (χ0v) is 25.0. The molecule has 0 radical (unpaired) electrons. The van der Waals surface area contributed by atoms with Crippen molar-refractivity contribution in [3.05, 3.63) is 130 Å². The maximum Gasteiger partial charge on any atom is 0.0314 e. The first-order chi connectivity index (χ1) is 20.1. The van der Waals surface area contributed by atoms with E-state index in [9.17, 15) is 0 Å². The van der Waals surface area contributed by atoms with Crippen LogP contribution in [0.25, 0.3) is 0 Å². The van der Waals surface area contributed by atoms with Crippen LogP contribution in [0.2, 0.25) is 0 Å². The Hall–Kier alpha value is -3.52. The molecule has 0 aliphatic rings. The van der Waals surface area contributed by atoms with Gasteiger partial charge in [-0.15, -0.1) is 0 Å². The smallest absolute Gasteiger partial charge is 0.0314 e. The molecule has 0 spiro atoms. The fourth-order valence-corrected chi connectivity index (χ4v) is 5.64. The van der Waals surface area contributed by atoms with Crippen molar-refractivity contribution in [2.45, 2.75) is 96.3 Å². The summed E-state index contributed by atoms with van der Waals surface area (Å²) in [5, 5.41) is 0. The van der Waals surface area contributed by atoms with Gasteiger partial charge in [-0.3, -0.25) is 0 Å². The number of anilines is 2. The van der Waals surface area contributed by atoms with E-state index in [0.29, 0.717) is 0 Å². The lowest BCUT2D eigenvalue weighted by molar-refractivity contribution is 0.545. The topological polar surface area (TPSA) is 52.0 Å². The summed E-state index contributed by atoms with van der Waals surface area (Å²) in [6.07, 6.45) is 19.5. The predicted molar refractivity (Wildman–Crippen MR) is 178 cm³/mol. The van der Waals surface area contributed by atoms with Gasteiger partial charge >= 0.3 is 0 Å². The molecule has 0 aliphatic carbocycles. The van der Waals surface area contributed by atoms with E-state index in [1.165, 1.54) is 117 Å². The summed E-state index contributed by atoms with van der Waals surface area (Å²) >= 11 is 0. The second-order valence-corrected chi connectivity index (χ2v) is 11.9. The lowest BCUT2D eigenvalue weighted by Crippen LogP contribution is -1.92. The molecule has 0 saturated heterocycles. The molecule has 2 heteroatoms. The standard InChI is InChI=1S/C39H50N2/c40-38-26-22-36(23-27-38)30-34-18-14-32(15-19-34)12-10-8-6-4-2-1-3-5-7-9-11-13-33-16-20-35(21-17-33)31-37-24-28-39(41)29-25-37/h14-29H,1-13,30-31,40-41H2. The molecule has 0 heterocycles. The van der Waals surface area contributed by atoms with Gasteiger partial charge in [-0.25, -0.2) is 0 Å². The second-order valence-electron chi connectivity index (χ2n) is 11.9. The minimum atomic E-state index is 0.830. The molecule has 0 amide bonds. The van der Waals surface area contributed by atoms with E-state index in [-0.39, 0.29) is 0 Å². The molecule has 0 bridgehead atoms. The van der Waals surface area contributed by atoms with Gasteiger partial charge in [-0.2, -0.15) is 0 Å². The fraction of sp³-hybridized carbons (Fsp3) is 0.385. The van der Waals surface area contributed by atoms with Crippen molar-refractivity contribution in [3.63, 3.8) is 0 Å². The highest BCUT2D eigenvalue weighted by atomic mass is 14.5. The van der Waals surface area contributed by atoms with Crippen molar-refractivity contribution in [3.8, 4) is 0 Å². The van der Waals surface area contributed by atoms with Gasteiger partial charge in [0.2, 0.25) is 0 Å². The van der Waals surface area contributed by atoms with Gasteiger partial charge in [0.25, 0.3) is 0 Å². The van der Waals surface area contributed by atoms with E-state index in [2.05, 4.69) is 72.8 Å². The first-order valence-electron chi connectivity index (χ1n) is 16.0. The Bertz CT molecular complexity index is 1140. The monoisotopic (exact) mass is 546 g/mol. The normalized spacial score (nSPS) is 11.1. The third-order valence-electron chi connectivity index (χ3n) is 8.25. The summed E-state index contributed by atoms with van der Waals surface area (Å²) in [5.74, 6) is 0. The van der Waals surface area contributed by atoms with Gasteiger partial charge in [0.05, 0.1) is 0 Å². The van der Waals surface area contributed by atoms with Gasteiger partial charge in [0.1, 0.15) is 0 Å². The van der Waals surface area contributed by atoms with E-state index in [1.807, 2.05) is 24.3 Å². The number of unbranched alkanes of at least 4 members (excludes halogenated alkanes) is 10. The molecular weight excluding hydrogens is 496 g/mol. The number of aryl methyl sites for hydroxylation is 2. The Labute approximate surface area is 249 Å². The Balaban J connectivity index is 0.944. The molecule has 0 fully saturated rings. The molecule has 41 heavy (non-hydrogen) atoms. The highest BCUT2D eigenvalue weighted by Crippen LogP contribution is 2.17. The van der Waals surface area contributed by atoms with Crippen molar-refractivity contribution < 1.29 is 0 Å². The first kappa shape index (κ1) is 30.4. The Kier molecular flexibility index (Phi) is 12.9. The van der Waals surface area contributed by atoms with Crippen LogP contribution in [0.3, 0.4) is 0 Å². The zero-order chi connectivity index (χ0) is 28.5. The molecule has 0 atom stereocenters. The Morgan fingerprint density at radius 1 is 0.268 bits per heavy atom. The Morgan fingerprint density at radius 3 is 0.780 bits per heavy atom. The quantitative estimate of drug-likeness (QED) is 0.0963. The van der Waals surface area contributed by atoms with Crippen LogP contribution in [0.1, 0.15) is 104 Å². The van der Waals surface area contributed by atoms with Crippen molar-refractivity contribution in [2.24, 2.45) is 0 Å². The lowest BCUT2D eigenvalue weighted by Gasteiger charge is -2.06. The van der Waals surface area contributed by atoms with Crippen molar-refractivity contribution in [2.75, 3.05) is 11.5 Å². The number of nitrogen functional groups attached to an aromatic ring is 2. The van der Waals surface area contributed by atoms with Crippen LogP contribution in [0, 0.1) is 0 Å².